The third kappa shape index (κ3) is 3.10. The first-order valence-corrected chi connectivity index (χ1v) is 8.43. The van der Waals surface area contributed by atoms with Crippen LogP contribution < -0.4 is 4.74 Å². The number of benzene rings is 1. The summed E-state index contributed by atoms with van der Waals surface area (Å²) in [5.41, 5.74) is 1.13. The van der Waals surface area contributed by atoms with Crippen LogP contribution in [0, 0.1) is 0 Å². The Kier molecular flexibility index (Phi) is 4.75. The summed E-state index contributed by atoms with van der Waals surface area (Å²) in [6, 6.07) is 7.89. The van der Waals surface area contributed by atoms with E-state index in [0.717, 1.165) is 16.2 Å². The number of carbonyl (C=O) groups is 1. The Morgan fingerprint density at radius 2 is 2.11 bits per heavy atom. The number of methoxy groups -OCH3 is 1. The Morgan fingerprint density at radius 3 is 2.72 bits per heavy atom. The van der Waals surface area contributed by atoms with E-state index in [1.165, 1.54) is 0 Å². The number of hydrogen-bond acceptors (Lipinski definition) is 4. The fraction of sp³-hybridized carbons (Fsp3) is 0.308. The second kappa shape index (κ2) is 6.32. The van der Waals surface area contributed by atoms with Crippen molar-refractivity contribution in [3.05, 3.63) is 34.8 Å². The van der Waals surface area contributed by atoms with E-state index in [4.69, 9.17) is 9.47 Å². The van der Waals surface area contributed by atoms with E-state index in [0.29, 0.717) is 6.61 Å². The number of thioether (sulfide) groups is 1. The monoisotopic (exact) mass is 330 g/mol. The molecule has 0 amide bonds. The van der Waals surface area contributed by atoms with Gasteiger partial charge in [-0.2, -0.15) is 0 Å². The van der Waals surface area contributed by atoms with Crippen LogP contribution in [0.3, 0.4) is 0 Å². The van der Waals surface area contributed by atoms with Crippen molar-refractivity contribution in [3.63, 3.8) is 0 Å². The van der Waals surface area contributed by atoms with Crippen molar-refractivity contribution in [1.82, 2.24) is 0 Å². The van der Waals surface area contributed by atoms with Crippen molar-refractivity contribution < 1.29 is 14.3 Å². The van der Waals surface area contributed by atoms with Crippen LogP contribution in [0.2, 0.25) is 0 Å². The zero-order chi connectivity index (χ0) is 13.0. The van der Waals surface area contributed by atoms with Crippen molar-refractivity contribution in [3.8, 4) is 5.75 Å². The van der Waals surface area contributed by atoms with Crippen LogP contribution in [-0.4, -0.2) is 38.8 Å². The summed E-state index contributed by atoms with van der Waals surface area (Å²) in [5, 5.41) is 0. The van der Waals surface area contributed by atoms with Crippen LogP contribution in [-0.2, 0) is 9.53 Å². The van der Waals surface area contributed by atoms with Gasteiger partial charge in [0.15, 0.2) is 0 Å². The second-order valence-electron chi connectivity index (χ2n) is 3.55. The van der Waals surface area contributed by atoms with Gasteiger partial charge < -0.3 is 0 Å². The van der Waals surface area contributed by atoms with Gasteiger partial charge in [0.05, 0.1) is 0 Å². The molecule has 0 N–H and O–H groups in total. The first-order chi connectivity index (χ1) is 8.74. The summed E-state index contributed by atoms with van der Waals surface area (Å²) in [7, 11) is 1.65. The van der Waals surface area contributed by atoms with Crippen molar-refractivity contribution in [2.24, 2.45) is 0 Å². The molecule has 0 radical (unpaired) electrons. The molecule has 1 aliphatic rings. The molecule has 0 aliphatic carbocycles. The topological polar surface area (TPSA) is 35.5 Å². The minimum atomic E-state index is -0.0951. The summed E-state index contributed by atoms with van der Waals surface area (Å²) in [6.07, 6.45) is 0. The van der Waals surface area contributed by atoms with Crippen LogP contribution in [0.15, 0.2) is 29.2 Å². The Balaban J connectivity index is 2.01. The van der Waals surface area contributed by atoms with Crippen molar-refractivity contribution >= 4 is 37.6 Å². The van der Waals surface area contributed by atoms with Crippen molar-refractivity contribution in [2.45, 2.75) is 11.1 Å². The molecule has 2 rings (SSSR count). The second-order valence-corrected chi connectivity index (χ2v) is 7.42. The van der Waals surface area contributed by atoms with Gasteiger partial charge in [-0.1, -0.05) is 0 Å². The summed E-state index contributed by atoms with van der Waals surface area (Å²) in [6.45, 7) is 2.28. The standard InChI is InChI=1S/C13H14O3SSe/c1-3-16-12(14)13-17-11(8-18-13)9-4-6-10(15-2)7-5-9/h4-8,13H,3H2,1-2H3. The number of hydrogen-bond donors (Lipinski definition) is 0. The third-order valence-electron chi connectivity index (χ3n) is 2.39. The minimum absolute atomic E-state index is 0.0328. The average molecular weight is 329 g/mol. The predicted molar refractivity (Wildman–Crippen MR) is 74.7 cm³/mol. The SMILES string of the molecule is CCOC(=O)C1SC(c2ccc(OC)cc2)=C[Se]1. The van der Waals surface area contributed by atoms with Gasteiger partial charge in [0.1, 0.15) is 0 Å². The van der Waals surface area contributed by atoms with E-state index in [2.05, 4.69) is 4.97 Å². The summed E-state index contributed by atoms with van der Waals surface area (Å²) in [4.78, 5) is 15.0. The van der Waals surface area contributed by atoms with Gasteiger partial charge in [0.25, 0.3) is 0 Å². The van der Waals surface area contributed by atoms with Gasteiger partial charge in [-0.15, -0.1) is 0 Å². The molecule has 1 aliphatic heterocycles. The molecular weight excluding hydrogens is 315 g/mol. The summed E-state index contributed by atoms with van der Waals surface area (Å²) < 4.78 is 10.1. The van der Waals surface area contributed by atoms with E-state index < -0.39 is 0 Å². The molecule has 0 fully saturated rings. The molecule has 18 heavy (non-hydrogen) atoms. The first-order valence-electron chi connectivity index (χ1n) is 5.58. The maximum absolute atomic E-state index is 11.6. The molecule has 1 unspecified atom stereocenters. The Morgan fingerprint density at radius 1 is 1.39 bits per heavy atom. The molecule has 0 aromatic heterocycles. The Bertz CT molecular complexity index is 456. The van der Waals surface area contributed by atoms with Crippen LogP contribution in [0.25, 0.3) is 4.91 Å². The fourth-order valence-electron chi connectivity index (χ4n) is 1.50. The molecule has 0 saturated carbocycles. The molecule has 5 heteroatoms. The van der Waals surface area contributed by atoms with E-state index in [9.17, 15) is 4.79 Å². The quantitative estimate of drug-likeness (QED) is 0.627. The molecular formula is C13H14O3SSe. The molecule has 1 atom stereocenters. The fourth-order valence-corrected chi connectivity index (χ4v) is 5.39. The summed E-state index contributed by atoms with van der Waals surface area (Å²) in [5.74, 6) is 0.747. The van der Waals surface area contributed by atoms with E-state index in [1.54, 1.807) is 18.9 Å². The number of esters is 1. The molecule has 0 saturated heterocycles. The molecule has 1 aromatic rings. The van der Waals surface area contributed by atoms with E-state index >= 15 is 0 Å². The molecule has 0 spiro atoms. The summed E-state index contributed by atoms with van der Waals surface area (Å²) >= 11 is 1.77. The molecule has 96 valence electrons. The average Bonchev–Trinajstić information content (AvgIpc) is 2.89. The first kappa shape index (κ1) is 13.5. The van der Waals surface area contributed by atoms with Crippen LogP contribution in [0.5, 0.6) is 5.75 Å². The third-order valence-corrected chi connectivity index (χ3v) is 6.62. The zero-order valence-electron chi connectivity index (χ0n) is 10.2. The predicted octanol–water partition coefficient (Wildman–Crippen LogP) is 2.33. The Hall–Kier alpha value is -0.901. The maximum atomic E-state index is 11.6. The normalized spacial score (nSPS) is 18.3. The van der Waals surface area contributed by atoms with Gasteiger partial charge in [0.2, 0.25) is 0 Å². The van der Waals surface area contributed by atoms with Crippen LogP contribution >= 0.6 is 11.8 Å². The van der Waals surface area contributed by atoms with Crippen LogP contribution in [0.1, 0.15) is 12.5 Å². The van der Waals surface area contributed by atoms with Crippen LogP contribution in [0.4, 0.5) is 0 Å². The van der Waals surface area contributed by atoms with Gasteiger partial charge in [0, 0.05) is 0 Å². The van der Waals surface area contributed by atoms with Gasteiger partial charge in [-0.25, -0.2) is 0 Å². The number of rotatable bonds is 4. The Labute approximate surface area is 117 Å². The van der Waals surface area contributed by atoms with Crippen molar-refractivity contribution in [1.29, 1.82) is 0 Å². The zero-order valence-corrected chi connectivity index (χ0v) is 12.7. The number of ether oxygens (including phenoxy) is 2. The van der Waals surface area contributed by atoms with Gasteiger partial charge in [-0.3, -0.25) is 0 Å². The molecule has 1 aromatic carbocycles. The van der Waals surface area contributed by atoms with Gasteiger partial charge >= 0.3 is 117 Å². The van der Waals surface area contributed by atoms with Gasteiger partial charge in [-0.05, 0) is 0 Å². The number of carbonyl (C=O) groups excluding carboxylic acids is 1. The molecule has 0 bridgehead atoms. The molecule has 3 nitrogen and oxygen atoms in total. The molecule has 1 heterocycles. The van der Waals surface area contributed by atoms with E-state index in [-0.39, 0.29) is 25.1 Å². The van der Waals surface area contributed by atoms with Crippen molar-refractivity contribution in [2.75, 3.05) is 13.7 Å². The van der Waals surface area contributed by atoms with E-state index in [1.807, 2.05) is 31.2 Å².